The van der Waals surface area contributed by atoms with Crippen LogP contribution in [0.4, 0.5) is 14.5 Å². The van der Waals surface area contributed by atoms with E-state index >= 15 is 0 Å². The minimum atomic E-state index is -0.561. The van der Waals surface area contributed by atoms with E-state index in [1.54, 1.807) is 43.3 Å². The van der Waals surface area contributed by atoms with Crippen LogP contribution < -0.4 is 10.1 Å². The van der Waals surface area contributed by atoms with Gasteiger partial charge in [-0.15, -0.1) is 0 Å². The number of hydrogen-bond acceptors (Lipinski definition) is 7. The first kappa shape index (κ1) is 20.6. The number of hydrogen-bond donors (Lipinski definition) is 1. The molecule has 10 heteroatoms. The monoisotopic (exact) mass is 455 g/mol. The Kier molecular flexibility index (Phi) is 5.74. The van der Waals surface area contributed by atoms with E-state index in [2.05, 4.69) is 10.3 Å². The molecule has 1 N–H and O–H groups in total. The van der Waals surface area contributed by atoms with Gasteiger partial charge in [-0.2, -0.15) is 0 Å². The van der Waals surface area contributed by atoms with Crippen molar-refractivity contribution in [1.29, 1.82) is 0 Å². The molecule has 156 valence electrons. The molecule has 1 amide bonds. The Labute approximate surface area is 183 Å². The van der Waals surface area contributed by atoms with Gasteiger partial charge in [0.05, 0.1) is 9.80 Å². The zero-order chi connectivity index (χ0) is 22.0. The molecule has 0 radical (unpaired) electrons. The highest BCUT2D eigenvalue weighted by atomic mass is 32.1. The summed E-state index contributed by atoms with van der Waals surface area (Å²) in [4.78, 5) is 27.3. The number of amides is 1. The molecule has 31 heavy (non-hydrogen) atoms. The van der Waals surface area contributed by atoms with Crippen LogP contribution in [0.25, 0.3) is 11.3 Å². The first-order chi connectivity index (χ1) is 14.9. The largest absolute Gasteiger partial charge is 0.444 e. The molecule has 2 aromatic heterocycles. The maximum Gasteiger partial charge on any atom is 0.324 e. The summed E-state index contributed by atoms with van der Waals surface area (Å²) < 4.78 is 20.5. The number of para-hydroxylation sites is 1. The number of aryl methyl sites for hydroxylation is 1. The average molecular weight is 455 g/mol. The summed E-state index contributed by atoms with van der Waals surface area (Å²) in [6.45, 7) is 1.78. The van der Waals surface area contributed by atoms with Gasteiger partial charge in [0.2, 0.25) is 5.06 Å². The molecule has 2 aromatic carbocycles. The van der Waals surface area contributed by atoms with Crippen LogP contribution in [-0.4, -0.2) is 15.8 Å². The second kappa shape index (κ2) is 8.62. The Bertz CT molecular complexity index is 1270. The molecule has 0 fully saturated rings. The van der Waals surface area contributed by atoms with E-state index in [0.29, 0.717) is 10.8 Å². The van der Waals surface area contributed by atoms with Gasteiger partial charge in [-0.25, -0.2) is 9.37 Å². The topological polar surface area (TPSA) is 94.4 Å². The number of nitrogens with one attached hydrogen (secondary N) is 1. The number of benzene rings is 2. The smallest absolute Gasteiger partial charge is 0.324 e. The summed E-state index contributed by atoms with van der Waals surface area (Å²) in [6.07, 6.45) is 0. The molecule has 0 aliphatic heterocycles. The molecule has 0 aliphatic rings. The van der Waals surface area contributed by atoms with Gasteiger partial charge in [0.15, 0.2) is 5.13 Å². The summed E-state index contributed by atoms with van der Waals surface area (Å²) in [7, 11) is 0. The molecule has 2 heterocycles. The van der Waals surface area contributed by atoms with Crippen LogP contribution in [0.15, 0.2) is 60.7 Å². The van der Waals surface area contributed by atoms with E-state index in [-0.39, 0.29) is 26.3 Å². The number of carbonyl (C=O) groups excluding carboxylic acids is 1. The highest BCUT2D eigenvalue weighted by molar-refractivity contribution is 7.19. The summed E-state index contributed by atoms with van der Waals surface area (Å²) in [5, 5.41) is 13.8. The van der Waals surface area contributed by atoms with Gasteiger partial charge in [-0.3, -0.25) is 20.2 Å². The summed E-state index contributed by atoms with van der Waals surface area (Å²) in [6, 6.07) is 16.3. The third-order valence-corrected chi connectivity index (χ3v) is 6.03. The molecule has 4 aromatic rings. The van der Waals surface area contributed by atoms with Gasteiger partial charge in [-0.05, 0) is 42.8 Å². The number of nitrogens with zero attached hydrogens (tertiary/aromatic N) is 2. The van der Waals surface area contributed by atoms with Crippen LogP contribution in [0.1, 0.15) is 15.2 Å². The van der Waals surface area contributed by atoms with Crippen molar-refractivity contribution in [3.8, 4) is 22.1 Å². The Morgan fingerprint density at radius 1 is 1.13 bits per heavy atom. The molecule has 0 atom stereocenters. The quantitative estimate of drug-likeness (QED) is 0.273. The number of anilines is 1. The van der Waals surface area contributed by atoms with Crippen molar-refractivity contribution in [2.45, 2.75) is 6.92 Å². The lowest BCUT2D eigenvalue weighted by atomic mass is 10.1. The Hall–Kier alpha value is -3.63. The lowest BCUT2D eigenvalue weighted by Crippen LogP contribution is -2.09. The highest BCUT2D eigenvalue weighted by Gasteiger charge is 2.21. The van der Waals surface area contributed by atoms with Gasteiger partial charge < -0.3 is 4.74 Å². The third-order valence-electron chi connectivity index (χ3n) is 4.15. The molecule has 0 saturated carbocycles. The highest BCUT2D eigenvalue weighted by Crippen LogP contribution is 2.41. The van der Waals surface area contributed by atoms with E-state index < -0.39 is 16.6 Å². The predicted molar refractivity (Wildman–Crippen MR) is 118 cm³/mol. The number of ether oxygens (including phenoxy) is 1. The number of nitro groups is 1. The normalized spacial score (nSPS) is 10.6. The standard InChI is InChI=1S/C21H14FN3O4S2/c1-12-7-8-14(15(22)11-12)18-20(29-13-5-3-2-4-6-13)31-21(23-18)24-19(26)16-9-10-17(30-16)25(27)28/h2-11H,1H3,(H,23,24,26). The minimum Gasteiger partial charge on any atom is -0.444 e. The zero-order valence-corrected chi connectivity index (χ0v) is 17.6. The molecule has 0 bridgehead atoms. The van der Waals surface area contributed by atoms with Crippen molar-refractivity contribution in [3.05, 3.63) is 87.0 Å². The second-order valence-electron chi connectivity index (χ2n) is 6.40. The van der Waals surface area contributed by atoms with Crippen molar-refractivity contribution in [1.82, 2.24) is 4.98 Å². The number of thiazole rings is 1. The van der Waals surface area contributed by atoms with Crippen LogP contribution in [0.3, 0.4) is 0 Å². The summed E-state index contributed by atoms with van der Waals surface area (Å²) >= 11 is 1.79. The molecule has 0 unspecified atom stereocenters. The number of halogens is 1. The molecular formula is C21H14FN3O4S2. The van der Waals surface area contributed by atoms with Crippen LogP contribution in [0.2, 0.25) is 0 Å². The maximum absolute atomic E-state index is 14.6. The minimum absolute atomic E-state index is 0.139. The van der Waals surface area contributed by atoms with E-state index in [9.17, 15) is 19.3 Å². The molecule has 0 saturated heterocycles. The number of thiophene rings is 1. The van der Waals surface area contributed by atoms with E-state index in [1.807, 2.05) is 6.07 Å². The molecule has 7 nitrogen and oxygen atoms in total. The van der Waals surface area contributed by atoms with E-state index in [4.69, 9.17) is 4.74 Å². The fourth-order valence-electron chi connectivity index (χ4n) is 2.71. The lowest BCUT2D eigenvalue weighted by molar-refractivity contribution is -0.380. The number of rotatable bonds is 6. The number of carbonyl (C=O) groups is 1. The summed E-state index contributed by atoms with van der Waals surface area (Å²) in [5.74, 6) is -0.476. The van der Waals surface area contributed by atoms with Crippen molar-refractivity contribution in [2.24, 2.45) is 0 Å². The van der Waals surface area contributed by atoms with Crippen molar-refractivity contribution >= 4 is 38.7 Å². The fraction of sp³-hybridized carbons (Fsp3) is 0.0476. The van der Waals surface area contributed by atoms with Crippen LogP contribution in [-0.2, 0) is 0 Å². The van der Waals surface area contributed by atoms with Gasteiger partial charge in [0.25, 0.3) is 5.91 Å². The predicted octanol–water partition coefficient (Wildman–Crippen LogP) is 6.27. The average Bonchev–Trinajstić information content (AvgIpc) is 3.37. The second-order valence-corrected chi connectivity index (χ2v) is 8.43. The van der Waals surface area contributed by atoms with Gasteiger partial charge >= 0.3 is 5.00 Å². The molecule has 4 rings (SSSR count). The van der Waals surface area contributed by atoms with Crippen molar-refractivity contribution < 1.29 is 18.8 Å². The first-order valence-electron chi connectivity index (χ1n) is 8.96. The lowest BCUT2D eigenvalue weighted by Gasteiger charge is -2.06. The Morgan fingerprint density at radius 3 is 2.58 bits per heavy atom. The summed E-state index contributed by atoms with van der Waals surface area (Å²) in [5.41, 5.74) is 1.24. The SMILES string of the molecule is Cc1ccc(-c2nc(NC(=O)c3ccc([N+](=O)[O-])s3)sc2Oc2ccccc2)c(F)c1. The first-order valence-corrected chi connectivity index (χ1v) is 10.6. The Morgan fingerprint density at radius 2 is 1.90 bits per heavy atom. The van der Waals surface area contributed by atoms with Crippen LogP contribution in [0, 0.1) is 22.9 Å². The van der Waals surface area contributed by atoms with Crippen molar-refractivity contribution in [3.63, 3.8) is 0 Å². The fourth-order valence-corrected chi connectivity index (χ4v) is 4.28. The number of aromatic nitrogens is 1. The van der Waals surface area contributed by atoms with Crippen LogP contribution >= 0.6 is 22.7 Å². The molecule has 0 aliphatic carbocycles. The molecule has 0 spiro atoms. The maximum atomic E-state index is 14.6. The Balaban J connectivity index is 1.68. The zero-order valence-electron chi connectivity index (χ0n) is 16.0. The van der Waals surface area contributed by atoms with E-state index in [1.165, 1.54) is 18.2 Å². The van der Waals surface area contributed by atoms with E-state index in [0.717, 1.165) is 28.2 Å². The van der Waals surface area contributed by atoms with Crippen molar-refractivity contribution in [2.75, 3.05) is 5.32 Å². The van der Waals surface area contributed by atoms with Gasteiger partial charge in [0.1, 0.15) is 17.3 Å². The van der Waals surface area contributed by atoms with Crippen LogP contribution in [0.5, 0.6) is 10.8 Å². The molecular weight excluding hydrogens is 441 g/mol. The third kappa shape index (κ3) is 4.60. The van der Waals surface area contributed by atoms with Gasteiger partial charge in [0, 0.05) is 11.6 Å². The van der Waals surface area contributed by atoms with Gasteiger partial charge in [-0.1, -0.05) is 46.9 Å².